The van der Waals surface area contributed by atoms with Gasteiger partial charge in [-0.05, 0) is 25.3 Å². The number of rotatable bonds is 1. The summed E-state index contributed by atoms with van der Waals surface area (Å²) in [5.41, 5.74) is 2.12. The average Bonchev–Trinajstić information content (AvgIpc) is 2.14. The van der Waals surface area contributed by atoms with Gasteiger partial charge >= 0.3 is 0 Å². The zero-order valence-electron chi connectivity index (χ0n) is 7.68. The summed E-state index contributed by atoms with van der Waals surface area (Å²) >= 11 is 0. The maximum absolute atomic E-state index is 11.3. The van der Waals surface area contributed by atoms with Crippen LogP contribution < -0.4 is 5.32 Å². The minimum Gasteiger partial charge on any atom is -0.330 e. The number of amides is 1. The summed E-state index contributed by atoms with van der Waals surface area (Å²) in [5.74, 6) is 0.252. The highest BCUT2D eigenvalue weighted by atomic mass is 16.1. The van der Waals surface area contributed by atoms with Crippen molar-refractivity contribution in [3.8, 4) is 0 Å². The molecular weight excluding hydrogens is 150 g/mol. The minimum absolute atomic E-state index is 0.123. The highest BCUT2D eigenvalue weighted by Crippen LogP contribution is 2.19. The van der Waals surface area contributed by atoms with Crippen molar-refractivity contribution < 1.29 is 4.79 Å². The maximum atomic E-state index is 11.3. The molecule has 0 spiro atoms. The SMILES string of the molecule is C=CC1=C(C)NC(=O)C(C)CC1. The molecule has 1 aliphatic heterocycles. The third-order valence-corrected chi connectivity index (χ3v) is 2.33. The molecule has 2 heteroatoms. The summed E-state index contributed by atoms with van der Waals surface area (Å²) in [7, 11) is 0. The monoisotopic (exact) mass is 165 g/mol. The molecule has 1 aliphatic rings. The lowest BCUT2D eigenvalue weighted by atomic mass is 10.0. The average molecular weight is 165 g/mol. The van der Waals surface area contributed by atoms with Gasteiger partial charge in [0.2, 0.25) is 5.91 Å². The molecule has 0 fully saturated rings. The number of hydrogen-bond donors (Lipinski definition) is 1. The molecule has 0 aromatic heterocycles. The molecule has 2 nitrogen and oxygen atoms in total. The molecule has 1 N–H and O–H groups in total. The van der Waals surface area contributed by atoms with Crippen LogP contribution in [0.5, 0.6) is 0 Å². The van der Waals surface area contributed by atoms with Crippen LogP contribution in [0.4, 0.5) is 0 Å². The lowest BCUT2D eigenvalue weighted by Gasteiger charge is -2.06. The second-order valence-corrected chi connectivity index (χ2v) is 3.28. The van der Waals surface area contributed by atoms with Crippen LogP contribution in [0.25, 0.3) is 0 Å². The Morgan fingerprint density at radius 2 is 2.33 bits per heavy atom. The quantitative estimate of drug-likeness (QED) is 0.632. The Morgan fingerprint density at radius 3 is 2.92 bits per heavy atom. The Kier molecular flexibility index (Phi) is 2.69. The smallest absolute Gasteiger partial charge is 0.226 e. The molecule has 1 amide bonds. The van der Waals surface area contributed by atoms with E-state index in [2.05, 4.69) is 11.9 Å². The van der Waals surface area contributed by atoms with Gasteiger partial charge in [-0.25, -0.2) is 0 Å². The fourth-order valence-corrected chi connectivity index (χ4v) is 1.33. The Hall–Kier alpha value is -1.05. The number of carbonyl (C=O) groups is 1. The van der Waals surface area contributed by atoms with Crippen LogP contribution in [0.1, 0.15) is 26.7 Å². The van der Waals surface area contributed by atoms with Crippen molar-refractivity contribution >= 4 is 5.91 Å². The van der Waals surface area contributed by atoms with Crippen LogP contribution in [-0.2, 0) is 4.79 Å². The number of carbonyl (C=O) groups excluding carboxylic acids is 1. The fraction of sp³-hybridized carbons (Fsp3) is 0.500. The van der Waals surface area contributed by atoms with Gasteiger partial charge in [-0.2, -0.15) is 0 Å². The highest BCUT2D eigenvalue weighted by molar-refractivity contribution is 5.80. The Balaban J connectivity index is 2.83. The van der Waals surface area contributed by atoms with Crippen molar-refractivity contribution in [3.63, 3.8) is 0 Å². The van der Waals surface area contributed by atoms with E-state index < -0.39 is 0 Å². The Morgan fingerprint density at radius 1 is 1.67 bits per heavy atom. The first-order valence-corrected chi connectivity index (χ1v) is 4.28. The summed E-state index contributed by atoms with van der Waals surface area (Å²) in [6, 6.07) is 0. The molecule has 1 unspecified atom stereocenters. The maximum Gasteiger partial charge on any atom is 0.226 e. The van der Waals surface area contributed by atoms with Gasteiger partial charge in [-0.15, -0.1) is 0 Å². The highest BCUT2D eigenvalue weighted by Gasteiger charge is 2.17. The van der Waals surface area contributed by atoms with E-state index in [1.807, 2.05) is 19.9 Å². The van der Waals surface area contributed by atoms with Gasteiger partial charge in [0.05, 0.1) is 0 Å². The third kappa shape index (κ3) is 1.76. The topological polar surface area (TPSA) is 29.1 Å². The molecule has 12 heavy (non-hydrogen) atoms. The molecule has 1 heterocycles. The summed E-state index contributed by atoms with van der Waals surface area (Å²) in [6.07, 6.45) is 3.70. The van der Waals surface area contributed by atoms with E-state index in [1.165, 1.54) is 0 Å². The van der Waals surface area contributed by atoms with Gasteiger partial charge in [0.25, 0.3) is 0 Å². The second kappa shape index (κ2) is 3.57. The molecular formula is C10H15NO. The lowest BCUT2D eigenvalue weighted by molar-refractivity contribution is -0.123. The first-order valence-electron chi connectivity index (χ1n) is 4.28. The van der Waals surface area contributed by atoms with Crippen molar-refractivity contribution in [3.05, 3.63) is 23.9 Å². The van der Waals surface area contributed by atoms with Crippen molar-refractivity contribution in [2.75, 3.05) is 0 Å². The minimum atomic E-state index is 0.123. The predicted molar refractivity (Wildman–Crippen MR) is 49.4 cm³/mol. The van der Waals surface area contributed by atoms with Crippen LogP contribution >= 0.6 is 0 Å². The van der Waals surface area contributed by atoms with Crippen LogP contribution in [0.2, 0.25) is 0 Å². The first-order chi connectivity index (χ1) is 5.65. The van der Waals surface area contributed by atoms with Crippen molar-refractivity contribution in [2.24, 2.45) is 5.92 Å². The second-order valence-electron chi connectivity index (χ2n) is 3.28. The standard InChI is InChI=1S/C10H15NO/c1-4-9-6-5-7(2)10(12)11-8(9)3/h4,7H,1,5-6H2,2-3H3,(H,11,12). The van der Waals surface area contributed by atoms with Crippen LogP contribution in [-0.4, -0.2) is 5.91 Å². The predicted octanol–water partition coefficient (Wildman–Crippen LogP) is 1.99. The van der Waals surface area contributed by atoms with Gasteiger partial charge in [0.15, 0.2) is 0 Å². The Labute approximate surface area is 73.4 Å². The van der Waals surface area contributed by atoms with E-state index in [4.69, 9.17) is 0 Å². The third-order valence-electron chi connectivity index (χ3n) is 2.33. The lowest BCUT2D eigenvalue weighted by Crippen LogP contribution is -2.25. The van der Waals surface area contributed by atoms with Gasteiger partial charge < -0.3 is 5.32 Å². The van der Waals surface area contributed by atoms with Crippen molar-refractivity contribution in [1.82, 2.24) is 5.32 Å². The molecule has 0 aliphatic carbocycles. The molecule has 0 saturated heterocycles. The van der Waals surface area contributed by atoms with Gasteiger partial charge in [-0.3, -0.25) is 4.79 Å². The van der Waals surface area contributed by atoms with E-state index >= 15 is 0 Å². The number of hydrogen-bond acceptors (Lipinski definition) is 1. The van der Waals surface area contributed by atoms with E-state index in [9.17, 15) is 4.79 Å². The van der Waals surface area contributed by atoms with Gasteiger partial charge in [0, 0.05) is 11.6 Å². The zero-order chi connectivity index (χ0) is 9.14. The van der Waals surface area contributed by atoms with E-state index in [0.717, 1.165) is 24.1 Å². The van der Waals surface area contributed by atoms with Gasteiger partial charge in [-0.1, -0.05) is 19.6 Å². The van der Waals surface area contributed by atoms with Crippen LogP contribution in [0.3, 0.4) is 0 Å². The molecule has 0 aromatic rings. The van der Waals surface area contributed by atoms with E-state index in [0.29, 0.717) is 0 Å². The zero-order valence-corrected chi connectivity index (χ0v) is 7.68. The number of nitrogens with one attached hydrogen (secondary N) is 1. The molecule has 0 saturated carbocycles. The van der Waals surface area contributed by atoms with Crippen LogP contribution in [0.15, 0.2) is 23.9 Å². The Bertz CT molecular complexity index is 240. The largest absolute Gasteiger partial charge is 0.330 e. The van der Waals surface area contributed by atoms with Gasteiger partial charge in [0.1, 0.15) is 0 Å². The first kappa shape index (κ1) is 9.04. The summed E-state index contributed by atoms with van der Waals surface area (Å²) in [6.45, 7) is 7.59. The summed E-state index contributed by atoms with van der Waals surface area (Å²) in [4.78, 5) is 11.3. The molecule has 66 valence electrons. The van der Waals surface area contributed by atoms with E-state index in [1.54, 1.807) is 0 Å². The molecule has 1 atom stereocenters. The van der Waals surface area contributed by atoms with Crippen molar-refractivity contribution in [2.45, 2.75) is 26.7 Å². The molecule has 1 rings (SSSR count). The normalized spacial score (nSPS) is 24.8. The molecule has 0 aromatic carbocycles. The number of allylic oxidation sites excluding steroid dienone is 3. The molecule has 0 radical (unpaired) electrons. The molecule has 0 bridgehead atoms. The van der Waals surface area contributed by atoms with Crippen molar-refractivity contribution in [1.29, 1.82) is 0 Å². The van der Waals surface area contributed by atoms with E-state index in [-0.39, 0.29) is 11.8 Å². The van der Waals surface area contributed by atoms with Crippen LogP contribution in [0, 0.1) is 5.92 Å². The fourth-order valence-electron chi connectivity index (χ4n) is 1.33. The summed E-state index contributed by atoms with van der Waals surface area (Å²) < 4.78 is 0. The summed E-state index contributed by atoms with van der Waals surface area (Å²) in [5, 5.41) is 2.86.